The molecule has 9 nitrogen and oxygen atoms in total. The summed E-state index contributed by atoms with van der Waals surface area (Å²) in [6.45, 7) is 7.37. The Balaban J connectivity index is 0.000000299. The van der Waals surface area contributed by atoms with Crippen LogP contribution < -0.4 is 11.5 Å². The molecule has 2 heterocycles. The van der Waals surface area contributed by atoms with Gasteiger partial charge in [-0.05, 0) is 62.1 Å². The lowest BCUT2D eigenvalue weighted by atomic mass is 10.2. The number of benzene rings is 2. The van der Waals surface area contributed by atoms with Crippen molar-refractivity contribution >= 4 is 0 Å². The van der Waals surface area contributed by atoms with E-state index < -0.39 is 0 Å². The second-order valence-electron chi connectivity index (χ2n) is 6.08. The van der Waals surface area contributed by atoms with Gasteiger partial charge in [0.2, 0.25) is 5.82 Å². The van der Waals surface area contributed by atoms with Crippen molar-refractivity contribution in [2.45, 2.75) is 20.4 Å². The lowest BCUT2D eigenvalue weighted by Crippen LogP contribution is -2.03. The summed E-state index contributed by atoms with van der Waals surface area (Å²) in [5.41, 5.74) is 11.4. The van der Waals surface area contributed by atoms with Crippen LogP contribution in [0.2, 0.25) is 0 Å². The van der Waals surface area contributed by atoms with Gasteiger partial charge in [0.15, 0.2) is 11.6 Å². The third-order valence-electron chi connectivity index (χ3n) is 3.88. The number of nitrogens with zero attached hydrogens (tertiary/aromatic N) is 5. The molecular weight excluding hydrogens is 428 g/mol. The smallest absolute Gasteiger partial charge is 0.272 e. The van der Waals surface area contributed by atoms with Gasteiger partial charge in [-0.1, -0.05) is 7.43 Å². The lowest BCUT2D eigenvalue weighted by molar-refractivity contribution is 0.627. The molecule has 0 saturated heterocycles. The molecule has 0 saturated carbocycles. The van der Waals surface area contributed by atoms with Crippen molar-refractivity contribution in [1.29, 1.82) is 0 Å². The first kappa shape index (κ1) is 27.0. The summed E-state index contributed by atoms with van der Waals surface area (Å²) in [6, 6.07) is 11.9. The molecule has 11 heteroatoms. The fourth-order valence-electron chi connectivity index (χ4n) is 2.44. The molecule has 4 aromatic rings. The zero-order valence-electron chi connectivity index (χ0n) is 17.4. The Morgan fingerprint density at radius 1 is 0.818 bits per heavy atom. The number of aromatic amines is 2. The van der Waals surface area contributed by atoms with Crippen LogP contribution in [0.5, 0.6) is 0 Å². The Morgan fingerprint density at radius 3 is 1.67 bits per heavy atom. The van der Waals surface area contributed by atoms with Gasteiger partial charge in [-0.3, -0.25) is 10.2 Å². The number of halogens is 2. The topological polar surface area (TPSA) is 140 Å². The van der Waals surface area contributed by atoms with Gasteiger partial charge in [0.25, 0.3) is 6.54 Å². The average molecular weight is 456 g/mol. The minimum atomic E-state index is -0.296. The van der Waals surface area contributed by atoms with Crippen LogP contribution in [0.4, 0.5) is 8.78 Å². The van der Waals surface area contributed by atoms with Gasteiger partial charge in [-0.15, -0.1) is 0 Å². The number of nitrogens with two attached hydrogens (primary N) is 2. The molecule has 0 aliphatic heterocycles. The Kier molecular flexibility index (Phi) is 11.6. The van der Waals surface area contributed by atoms with Crippen LogP contribution in [0.1, 0.15) is 19.1 Å². The van der Waals surface area contributed by atoms with Crippen LogP contribution >= 0.6 is 0 Å². The van der Waals surface area contributed by atoms with E-state index in [0.29, 0.717) is 30.4 Å². The molecule has 6 N–H and O–H groups in total. The summed E-state index contributed by atoms with van der Waals surface area (Å²) in [4.78, 5) is 11.5. The van der Waals surface area contributed by atoms with Gasteiger partial charge in [-0.25, -0.2) is 25.3 Å². The van der Waals surface area contributed by atoms with Crippen molar-refractivity contribution in [3.05, 3.63) is 83.2 Å². The molecule has 0 spiro atoms. The highest BCUT2D eigenvalue weighted by atomic mass is 19.1. The molecule has 174 valence electrons. The molecule has 0 aliphatic carbocycles. The molecular formula is C22H27F2N9. The number of hydrogen-bond acceptors (Lipinski definition) is 6. The lowest BCUT2D eigenvalue weighted by Gasteiger charge is -1.93. The standard InChI is InChI=1S/C10H7FN4.C10H11FN4.CH5N.CH4/c1-12-6-9-13-10(15-14-9)7-2-4-8(11)5-3-7;11-8-3-1-7(2-4-8)10-13-9(5-6-12)14-15-10;1-2;/h2-5H,6H2,(H,13,14,15);1-4H,5-6,12H2,(H,13,14,15);2H2,1H3;1H4. The van der Waals surface area contributed by atoms with Crippen LogP contribution in [0.25, 0.3) is 27.6 Å². The van der Waals surface area contributed by atoms with E-state index >= 15 is 0 Å². The zero-order valence-corrected chi connectivity index (χ0v) is 17.4. The first-order valence-corrected chi connectivity index (χ1v) is 9.54. The second kappa shape index (κ2) is 14.1. The monoisotopic (exact) mass is 455 g/mol. The predicted octanol–water partition coefficient (Wildman–Crippen LogP) is 3.35. The maximum absolute atomic E-state index is 12.7. The number of rotatable bonds is 5. The minimum absolute atomic E-state index is 0. The molecule has 4 rings (SSSR count). The van der Waals surface area contributed by atoms with Crippen LogP contribution in [0, 0.1) is 18.2 Å². The maximum atomic E-state index is 12.7. The zero-order chi connectivity index (χ0) is 23.3. The van der Waals surface area contributed by atoms with Crippen molar-refractivity contribution in [3.8, 4) is 22.8 Å². The van der Waals surface area contributed by atoms with E-state index in [2.05, 4.69) is 40.9 Å². The first-order chi connectivity index (χ1) is 15.6. The molecule has 2 aromatic heterocycles. The Morgan fingerprint density at radius 2 is 1.24 bits per heavy atom. The SMILES string of the molecule is C.CN.NCCc1nc(-c2ccc(F)cc2)n[nH]1.[C-]#[N+]Cc1nc(-c2ccc(F)cc2)n[nH]1. The molecule has 2 aromatic carbocycles. The van der Waals surface area contributed by atoms with E-state index in [1.54, 1.807) is 24.3 Å². The summed E-state index contributed by atoms with van der Waals surface area (Å²) in [7, 11) is 1.50. The fourth-order valence-corrected chi connectivity index (χ4v) is 2.44. The Hall–Kier alpha value is -4.01. The maximum Gasteiger partial charge on any atom is 0.272 e. The van der Waals surface area contributed by atoms with Gasteiger partial charge in [0, 0.05) is 17.5 Å². The van der Waals surface area contributed by atoms with E-state index in [0.717, 1.165) is 17.0 Å². The van der Waals surface area contributed by atoms with Gasteiger partial charge in [-0.2, -0.15) is 10.2 Å². The summed E-state index contributed by atoms with van der Waals surface area (Å²) in [6.07, 6.45) is 0.661. The van der Waals surface area contributed by atoms with Crippen molar-refractivity contribution in [2.75, 3.05) is 13.6 Å². The van der Waals surface area contributed by atoms with Crippen LogP contribution in [0.15, 0.2) is 48.5 Å². The normalized spacial score (nSPS) is 9.45. The molecule has 0 atom stereocenters. The van der Waals surface area contributed by atoms with Crippen molar-refractivity contribution in [2.24, 2.45) is 11.5 Å². The van der Waals surface area contributed by atoms with E-state index in [1.165, 1.54) is 31.3 Å². The van der Waals surface area contributed by atoms with Crippen LogP contribution in [0.3, 0.4) is 0 Å². The second-order valence-corrected chi connectivity index (χ2v) is 6.08. The van der Waals surface area contributed by atoms with Gasteiger partial charge >= 0.3 is 0 Å². The van der Waals surface area contributed by atoms with Crippen molar-refractivity contribution in [1.82, 2.24) is 30.4 Å². The third kappa shape index (κ3) is 8.21. The van der Waals surface area contributed by atoms with Gasteiger partial charge < -0.3 is 16.3 Å². The summed E-state index contributed by atoms with van der Waals surface area (Å²) in [5.74, 6) is 1.75. The summed E-state index contributed by atoms with van der Waals surface area (Å²) < 4.78 is 25.3. The first-order valence-electron chi connectivity index (χ1n) is 9.54. The highest BCUT2D eigenvalue weighted by molar-refractivity contribution is 5.54. The molecule has 0 bridgehead atoms. The van der Waals surface area contributed by atoms with E-state index in [-0.39, 0.29) is 25.6 Å². The highest BCUT2D eigenvalue weighted by Gasteiger charge is 2.07. The van der Waals surface area contributed by atoms with Crippen molar-refractivity contribution in [3.63, 3.8) is 0 Å². The fraction of sp³-hybridized carbons (Fsp3) is 0.227. The molecule has 0 unspecified atom stereocenters. The molecule has 0 aliphatic rings. The van der Waals surface area contributed by atoms with E-state index in [9.17, 15) is 8.78 Å². The molecule has 0 fully saturated rings. The van der Waals surface area contributed by atoms with Crippen LogP contribution in [-0.4, -0.2) is 44.0 Å². The number of aromatic nitrogens is 6. The highest BCUT2D eigenvalue weighted by Crippen LogP contribution is 2.15. The number of H-pyrrole nitrogens is 2. The average Bonchev–Trinajstić information content (AvgIpc) is 3.47. The number of hydrogen-bond donors (Lipinski definition) is 4. The Labute approximate surface area is 191 Å². The minimum Gasteiger partial charge on any atom is -0.333 e. The third-order valence-corrected chi connectivity index (χ3v) is 3.88. The van der Waals surface area contributed by atoms with Crippen molar-refractivity contribution < 1.29 is 8.78 Å². The van der Waals surface area contributed by atoms with E-state index in [1.807, 2.05) is 0 Å². The Bertz CT molecular complexity index is 1110. The largest absolute Gasteiger partial charge is 0.333 e. The van der Waals surface area contributed by atoms with Crippen LogP contribution in [-0.2, 0) is 13.0 Å². The summed E-state index contributed by atoms with van der Waals surface area (Å²) in [5, 5.41) is 13.4. The molecule has 0 amide bonds. The van der Waals surface area contributed by atoms with E-state index in [4.69, 9.17) is 12.3 Å². The molecule has 0 radical (unpaired) electrons. The number of nitrogens with one attached hydrogen (secondary N) is 2. The summed E-state index contributed by atoms with van der Waals surface area (Å²) >= 11 is 0. The van der Waals surface area contributed by atoms with Gasteiger partial charge in [0.05, 0.1) is 0 Å². The predicted molar refractivity (Wildman–Crippen MR) is 123 cm³/mol. The molecule has 33 heavy (non-hydrogen) atoms. The quantitative estimate of drug-likeness (QED) is 0.340. The van der Waals surface area contributed by atoms with Gasteiger partial charge in [0.1, 0.15) is 17.5 Å².